The molecule has 2 rings (SSSR count). The molecule has 2 aromatic rings. The molecule has 0 unspecified atom stereocenters. The van der Waals surface area contributed by atoms with Gasteiger partial charge in [0, 0.05) is 12.0 Å². The molecule has 21 heavy (non-hydrogen) atoms. The van der Waals surface area contributed by atoms with Crippen molar-refractivity contribution in [3.05, 3.63) is 58.7 Å². The molecule has 0 saturated heterocycles. The van der Waals surface area contributed by atoms with Crippen molar-refractivity contribution in [3.63, 3.8) is 0 Å². The number of ether oxygens (including phenoxy) is 2. The monoisotopic (exact) mass is 284 g/mol. The first-order valence-corrected chi connectivity index (χ1v) is 6.86. The van der Waals surface area contributed by atoms with Gasteiger partial charge in [-0.15, -0.1) is 0 Å². The molecule has 0 radical (unpaired) electrons. The summed E-state index contributed by atoms with van der Waals surface area (Å²) in [5.74, 6) is 1.41. The van der Waals surface area contributed by atoms with Gasteiger partial charge in [0.1, 0.15) is 0 Å². The van der Waals surface area contributed by atoms with Crippen molar-refractivity contribution in [2.24, 2.45) is 0 Å². The number of methoxy groups -OCH3 is 2. The molecule has 0 aliphatic heterocycles. The van der Waals surface area contributed by atoms with Gasteiger partial charge in [-0.1, -0.05) is 18.2 Å². The summed E-state index contributed by atoms with van der Waals surface area (Å²) in [4.78, 5) is 12.4. The zero-order valence-electron chi connectivity index (χ0n) is 12.9. The number of hydrogen-bond acceptors (Lipinski definition) is 3. The number of hydrogen-bond donors (Lipinski definition) is 0. The van der Waals surface area contributed by atoms with E-state index in [2.05, 4.69) is 0 Å². The van der Waals surface area contributed by atoms with Gasteiger partial charge in [-0.3, -0.25) is 4.79 Å². The fraction of sp³-hybridized carbons (Fsp3) is 0.278. The number of Topliss-reactive ketones (excluding diaryl/α,β-unsaturated/α-hetero) is 1. The van der Waals surface area contributed by atoms with Crippen LogP contribution >= 0.6 is 0 Å². The Labute approximate surface area is 125 Å². The summed E-state index contributed by atoms with van der Waals surface area (Å²) in [7, 11) is 3.19. The van der Waals surface area contributed by atoms with E-state index in [4.69, 9.17) is 9.47 Å². The molecule has 3 heteroatoms. The zero-order valence-corrected chi connectivity index (χ0v) is 12.9. The fourth-order valence-electron chi connectivity index (χ4n) is 2.19. The second-order valence-electron chi connectivity index (χ2n) is 5.09. The molecule has 0 atom stereocenters. The Morgan fingerprint density at radius 2 is 1.62 bits per heavy atom. The van der Waals surface area contributed by atoms with Gasteiger partial charge in [0.25, 0.3) is 0 Å². The molecule has 2 aromatic carbocycles. The van der Waals surface area contributed by atoms with Gasteiger partial charge in [0.15, 0.2) is 17.3 Å². The zero-order chi connectivity index (χ0) is 15.4. The van der Waals surface area contributed by atoms with Crippen LogP contribution in [0.3, 0.4) is 0 Å². The van der Waals surface area contributed by atoms with Crippen molar-refractivity contribution < 1.29 is 14.3 Å². The van der Waals surface area contributed by atoms with E-state index in [-0.39, 0.29) is 5.78 Å². The minimum Gasteiger partial charge on any atom is -0.493 e. The normalized spacial score (nSPS) is 10.3. The van der Waals surface area contributed by atoms with Crippen LogP contribution in [0.25, 0.3) is 0 Å². The SMILES string of the molecule is COc1ccc(CC(=O)c2ccc(C)c(C)c2)cc1OC. The largest absolute Gasteiger partial charge is 0.493 e. The summed E-state index contributed by atoms with van der Waals surface area (Å²) < 4.78 is 10.5. The summed E-state index contributed by atoms with van der Waals surface area (Å²) in [6.07, 6.45) is 0.350. The summed E-state index contributed by atoms with van der Waals surface area (Å²) in [5.41, 5.74) is 3.98. The van der Waals surface area contributed by atoms with Crippen LogP contribution in [-0.2, 0) is 6.42 Å². The van der Waals surface area contributed by atoms with Crippen LogP contribution in [0, 0.1) is 13.8 Å². The van der Waals surface area contributed by atoms with E-state index < -0.39 is 0 Å². The number of aryl methyl sites for hydroxylation is 2. The predicted octanol–water partition coefficient (Wildman–Crippen LogP) is 3.75. The Kier molecular flexibility index (Phi) is 4.63. The fourth-order valence-corrected chi connectivity index (χ4v) is 2.19. The van der Waals surface area contributed by atoms with Crippen LogP contribution < -0.4 is 9.47 Å². The Balaban J connectivity index is 2.21. The minimum atomic E-state index is 0.102. The third kappa shape index (κ3) is 3.43. The van der Waals surface area contributed by atoms with Gasteiger partial charge in [-0.25, -0.2) is 0 Å². The van der Waals surface area contributed by atoms with E-state index in [1.54, 1.807) is 14.2 Å². The number of benzene rings is 2. The minimum absolute atomic E-state index is 0.102. The highest BCUT2D eigenvalue weighted by atomic mass is 16.5. The van der Waals surface area contributed by atoms with E-state index in [1.165, 1.54) is 5.56 Å². The van der Waals surface area contributed by atoms with Crippen molar-refractivity contribution in [2.75, 3.05) is 14.2 Å². The second-order valence-corrected chi connectivity index (χ2v) is 5.09. The standard InChI is InChI=1S/C18H20O3/c1-12-5-7-15(9-13(12)2)16(19)10-14-6-8-17(20-3)18(11-14)21-4/h5-9,11H,10H2,1-4H3. The Morgan fingerprint density at radius 1 is 0.905 bits per heavy atom. The van der Waals surface area contributed by atoms with Crippen molar-refractivity contribution in [2.45, 2.75) is 20.3 Å². The van der Waals surface area contributed by atoms with Crippen LogP contribution in [0.5, 0.6) is 11.5 Å². The molecule has 0 saturated carbocycles. The van der Waals surface area contributed by atoms with E-state index in [9.17, 15) is 4.79 Å². The number of carbonyl (C=O) groups excluding carboxylic acids is 1. The molecular formula is C18H20O3. The lowest BCUT2D eigenvalue weighted by Gasteiger charge is -2.09. The summed E-state index contributed by atoms with van der Waals surface area (Å²) in [6, 6.07) is 11.4. The molecule has 0 bridgehead atoms. The highest BCUT2D eigenvalue weighted by Crippen LogP contribution is 2.28. The molecule has 0 N–H and O–H groups in total. The van der Waals surface area contributed by atoms with Gasteiger partial charge < -0.3 is 9.47 Å². The molecule has 0 amide bonds. The second kappa shape index (κ2) is 6.44. The van der Waals surface area contributed by atoms with E-state index in [0.29, 0.717) is 17.9 Å². The van der Waals surface area contributed by atoms with E-state index >= 15 is 0 Å². The number of carbonyl (C=O) groups is 1. The van der Waals surface area contributed by atoms with Crippen LogP contribution in [0.2, 0.25) is 0 Å². The van der Waals surface area contributed by atoms with Crippen molar-refractivity contribution in [1.82, 2.24) is 0 Å². The average molecular weight is 284 g/mol. The maximum Gasteiger partial charge on any atom is 0.167 e. The lowest BCUT2D eigenvalue weighted by atomic mass is 9.99. The first-order valence-electron chi connectivity index (χ1n) is 6.86. The molecule has 3 nitrogen and oxygen atoms in total. The van der Waals surface area contributed by atoms with Crippen molar-refractivity contribution >= 4 is 5.78 Å². The predicted molar refractivity (Wildman–Crippen MR) is 83.5 cm³/mol. The third-order valence-electron chi connectivity index (χ3n) is 3.64. The summed E-state index contributed by atoms with van der Waals surface area (Å²) >= 11 is 0. The van der Waals surface area contributed by atoms with Crippen molar-refractivity contribution in [1.29, 1.82) is 0 Å². The van der Waals surface area contributed by atoms with Crippen LogP contribution in [0.15, 0.2) is 36.4 Å². The summed E-state index contributed by atoms with van der Waals surface area (Å²) in [6.45, 7) is 4.06. The third-order valence-corrected chi connectivity index (χ3v) is 3.64. The lowest BCUT2D eigenvalue weighted by Crippen LogP contribution is -2.04. The van der Waals surface area contributed by atoms with Gasteiger partial charge in [0.05, 0.1) is 14.2 Å². The Hall–Kier alpha value is -2.29. The molecule has 0 aromatic heterocycles. The number of ketones is 1. The average Bonchev–Trinajstić information content (AvgIpc) is 2.49. The molecule has 0 heterocycles. The van der Waals surface area contributed by atoms with Gasteiger partial charge in [0.2, 0.25) is 0 Å². The van der Waals surface area contributed by atoms with Crippen LogP contribution in [-0.4, -0.2) is 20.0 Å². The molecular weight excluding hydrogens is 264 g/mol. The Morgan fingerprint density at radius 3 is 2.24 bits per heavy atom. The van der Waals surface area contributed by atoms with Crippen LogP contribution in [0.4, 0.5) is 0 Å². The highest BCUT2D eigenvalue weighted by Gasteiger charge is 2.11. The maximum atomic E-state index is 12.4. The molecule has 0 spiro atoms. The molecule has 0 aliphatic rings. The molecule has 110 valence electrons. The quantitative estimate of drug-likeness (QED) is 0.784. The van der Waals surface area contributed by atoms with Gasteiger partial charge >= 0.3 is 0 Å². The number of rotatable bonds is 5. The molecule has 0 fully saturated rings. The summed E-state index contributed by atoms with van der Waals surface area (Å²) in [5, 5.41) is 0. The Bertz CT molecular complexity index is 660. The molecule has 0 aliphatic carbocycles. The van der Waals surface area contributed by atoms with E-state index in [1.807, 2.05) is 50.2 Å². The van der Waals surface area contributed by atoms with Crippen molar-refractivity contribution in [3.8, 4) is 11.5 Å². The lowest BCUT2D eigenvalue weighted by molar-refractivity contribution is 0.0993. The topological polar surface area (TPSA) is 35.5 Å². The first kappa shape index (κ1) is 15.1. The smallest absolute Gasteiger partial charge is 0.167 e. The van der Waals surface area contributed by atoms with Crippen LogP contribution in [0.1, 0.15) is 27.0 Å². The first-order chi connectivity index (χ1) is 10.0. The van der Waals surface area contributed by atoms with Gasteiger partial charge in [-0.2, -0.15) is 0 Å². The van der Waals surface area contributed by atoms with E-state index in [0.717, 1.165) is 16.7 Å². The highest BCUT2D eigenvalue weighted by molar-refractivity contribution is 5.97. The van der Waals surface area contributed by atoms with Gasteiger partial charge in [-0.05, 0) is 48.7 Å². The maximum absolute atomic E-state index is 12.4.